The molecule has 0 amide bonds. The van der Waals surface area contributed by atoms with Crippen molar-refractivity contribution in [2.45, 2.75) is 11.9 Å². The van der Waals surface area contributed by atoms with Crippen molar-refractivity contribution < 1.29 is 26.3 Å². The van der Waals surface area contributed by atoms with Gasteiger partial charge in [0.1, 0.15) is 11.5 Å². The molecule has 0 fully saturated rings. The number of aromatic nitrogens is 1. The maximum Gasteiger partial charge on any atom is 0.433 e. The molecule has 3 aromatic rings. The van der Waals surface area contributed by atoms with Crippen LogP contribution in [0.2, 0.25) is 0 Å². The second-order valence-electron chi connectivity index (χ2n) is 5.79. The summed E-state index contributed by atoms with van der Waals surface area (Å²) in [5.41, 5.74) is 0.742. The number of pyridine rings is 1. The molecule has 1 atom stereocenters. The van der Waals surface area contributed by atoms with E-state index in [1.54, 1.807) is 24.3 Å². The third kappa shape index (κ3) is 4.78. The van der Waals surface area contributed by atoms with E-state index in [0.717, 1.165) is 18.2 Å². The van der Waals surface area contributed by atoms with Gasteiger partial charge in [-0.05, 0) is 53.1 Å². The molecule has 27 heavy (non-hydrogen) atoms. The topological polar surface area (TPSA) is 50.2 Å². The summed E-state index contributed by atoms with van der Waals surface area (Å²) in [6, 6.07) is 13.8. The van der Waals surface area contributed by atoms with Crippen LogP contribution in [0, 0.1) is 5.82 Å². The third-order valence-corrected chi connectivity index (χ3v) is 4.41. The Morgan fingerprint density at radius 2 is 1.48 bits per heavy atom. The van der Waals surface area contributed by atoms with Crippen molar-refractivity contribution >= 4 is 11.1 Å². The molecular formula is C19H13F4NO2S. The zero-order valence-electron chi connectivity index (χ0n) is 13.7. The van der Waals surface area contributed by atoms with Crippen LogP contribution in [-0.2, 0) is 23.0 Å². The summed E-state index contributed by atoms with van der Waals surface area (Å²) in [6.07, 6.45) is -4.64. The largest absolute Gasteiger partial charge is 0.433 e. The predicted octanol–water partition coefficient (Wildman–Crippen LogP) is 5.30. The summed E-state index contributed by atoms with van der Waals surface area (Å²) in [5.74, 6) is -0.562. The molecule has 0 aliphatic heterocycles. The Balaban J connectivity index is 2.07. The Hall–Kier alpha value is -2.58. The lowest BCUT2D eigenvalue weighted by Gasteiger charge is -2.12. The monoisotopic (exact) mass is 395 g/mol. The summed E-state index contributed by atoms with van der Waals surface area (Å²) >= 11 is -2.00. The van der Waals surface area contributed by atoms with Gasteiger partial charge < -0.3 is 4.55 Å². The minimum Gasteiger partial charge on any atom is -0.306 e. The molecule has 3 rings (SSSR count). The van der Waals surface area contributed by atoms with Gasteiger partial charge in [0, 0.05) is 5.56 Å². The fourth-order valence-electron chi connectivity index (χ4n) is 2.55. The average molecular weight is 395 g/mol. The first-order valence-electron chi connectivity index (χ1n) is 7.74. The molecule has 0 spiro atoms. The van der Waals surface area contributed by atoms with E-state index in [1.807, 2.05) is 0 Å². The van der Waals surface area contributed by atoms with Gasteiger partial charge in [-0.25, -0.2) is 13.6 Å². The quantitative estimate of drug-likeness (QED) is 0.482. The van der Waals surface area contributed by atoms with Crippen molar-refractivity contribution in [1.29, 1.82) is 0 Å². The first-order chi connectivity index (χ1) is 12.7. The third-order valence-electron chi connectivity index (χ3n) is 3.83. The Labute approximate surface area is 155 Å². The fraction of sp³-hybridized carbons (Fsp3) is 0.105. The van der Waals surface area contributed by atoms with Crippen LogP contribution in [0.1, 0.15) is 11.3 Å². The molecule has 1 heterocycles. The van der Waals surface area contributed by atoms with Gasteiger partial charge in [0.2, 0.25) is 0 Å². The molecule has 140 valence electrons. The molecule has 0 saturated carbocycles. The summed E-state index contributed by atoms with van der Waals surface area (Å²) in [6.45, 7) is 0. The van der Waals surface area contributed by atoms with Gasteiger partial charge in [-0.1, -0.05) is 24.3 Å². The van der Waals surface area contributed by atoms with E-state index in [0.29, 0.717) is 16.7 Å². The smallest absolute Gasteiger partial charge is 0.306 e. The molecule has 3 nitrogen and oxygen atoms in total. The van der Waals surface area contributed by atoms with E-state index < -0.39 is 28.8 Å². The van der Waals surface area contributed by atoms with E-state index in [4.69, 9.17) is 4.55 Å². The molecule has 0 saturated heterocycles. The first-order valence-corrected chi connectivity index (χ1v) is 9.02. The lowest BCUT2D eigenvalue weighted by atomic mass is 10.0. The second-order valence-corrected chi connectivity index (χ2v) is 6.73. The Morgan fingerprint density at radius 3 is 2.04 bits per heavy atom. The van der Waals surface area contributed by atoms with Crippen molar-refractivity contribution in [2.75, 3.05) is 0 Å². The van der Waals surface area contributed by atoms with Crippen LogP contribution in [0.5, 0.6) is 0 Å². The molecule has 1 N–H and O–H groups in total. The lowest BCUT2D eigenvalue weighted by molar-refractivity contribution is -0.141. The van der Waals surface area contributed by atoms with E-state index in [1.165, 1.54) is 18.2 Å². The molecule has 0 radical (unpaired) electrons. The van der Waals surface area contributed by atoms with Gasteiger partial charge in [-0.2, -0.15) is 13.2 Å². The number of alkyl halides is 3. The van der Waals surface area contributed by atoms with Crippen LogP contribution in [0.15, 0.2) is 60.7 Å². The van der Waals surface area contributed by atoms with E-state index >= 15 is 0 Å². The molecule has 0 aliphatic rings. The summed E-state index contributed by atoms with van der Waals surface area (Å²) < 4.78 is 72.7. The molecule has 8 heteroatoms. The highest BCUT2D eigenvalue weighted by atomic mass is 32.2. The summed E-state index contributed by atoms with van der Waals surface area (Å²) in [5, 5.41) is 0. The van der Waals surface area contributed by atoms with E-state index in [9.17, 15) is 21.8 Å². The Kier molecular flexibility index (Phi) is 5.38. The number of hydrogen-bond acceptors (Lipinski definition) is 2. The molecular weight excluding hydrogens is 382 g/mol. The van der Waals surface area contributed by atoms with Crippen molar-refractivity contribution in [2.24, 2.45) is 0 Å². The minimum atomic E-state index is -4.64. The highest BCUT2D eigenvalue weighted by molar-refractivity contribution is 7.78. The van der Waals surface area contributed by atoms with Crippen molar-refractivity contribution in [3.63, 3.8) is 0 Å². The molecule has 2 aromatic carbocycles. The zero-order chi connectivity index (χ0) is 19.6. The number of benzene rings is 2. The number of nitrogens with zero attached hydrogens (tertiary/aromatic N) is 1. The number of hydrogen-bond donors (Lipinski definition) is 1. The standard InChI is InChI=1S/C19H13F4NO2S/c20-16-7-5-14(6-8-16)17-9-15(10-18(24-17)19(21,22)23)13-3-1-12(2-4-13)11-27(25)26/h1-10H,11H2,(H,25,26). The first kappa shape index (κ1) is 19.2. The normalized spacial score (nSPS) is 12.8. The molecule has 0 bridgehead atoms. The van der Waals surface area contributed by atoms with Crippen molar-refractivity contribution in [1.82, 2.24) is 4.98 Å². The number of rotatable bonds is 4. The van der Waals surface area contributed by atoms with E-state index in [-0.39, 0.29) is 17.0 Å². The van der Waals surface area contributed by atoms with Gasteiger partial charge in [0.15, 0.2) is 11.1 Å². The zero-order valence-corrected chi connectivity index (χ0v) is 14.5. The second kappa shape index (κ2) is 7.58. The molecule has 1 unspecified atom stereocenters. The minimum absolute atomic E-state index is 0.0642. The predicted molar refractivity (Wildman–Crippen MR) is 94.5 cm³/mol. The SMILES string of the molecule is O=S(O)Cc1ccc(-c2cc(-c3ccc(F)cc3)nc(C(F)(F)F)c2)cc1. The van der Waals surface area contributed by atoms with Gasteiger partial charge >= 0.3 is 6.18 Å². The Bertz CT molecular complexity index is 970. The van der Waals surface area contributed by atoms with E-state index in [2.05, 4.69) is 4.98 Å². The van der Waals surface area contributed by atoms with Crippen LogP contribution in [-0.4, -0.2) is 13.7 Å². The van der Waals surface area contributed by atoms with Gasteiger partial charge in [-0.15, -0.1) is 0 Å². The summed E-state index contributed by atoms with van der Waals surface area (Å²) in [4.78, 5) is 3.67. The van der Waals surface area contributed by atoms with Crippen LogP contribution in [0.3, 0.4) is 0 Å². The maximum atomic E-state index is 13.3. The Morgan fingerprint density at radius 1 is 0.889 bits per heavy atom. The van der Waals surface area contributed by atoms with Crippen molar-refractivity contribution in [3.8, 4) is 22.4 Å². The number of halogens is 4. The fourth-order valence-corrected chi connectivity index (χ4v) is 3.02. The molecule has 1 aromatic heterocycles. The van der Waals surface area contributed by atoms with Crippen molar-refractivity contribution in [3.05, 3.63) is 77.7 Å². The van der Waals surface area contributed by atoms with Crippen LogP contribution in [0.4, 0.5) is 17.6 Å². The van der Waals surface area contributed by atoms with Gasteiger partial charge in [-0.3, -0.25) is 0 Å². The van der Waals surface area contributed by atoms with Crippen LogP contribution >= 0.6 is 0 Å². The maximum absolute atomic E-state index is 13.3. The highest BCUT2D eigenvalue weighted by Crippen LogP contribution is 2.34. The molecule has 0 aliphatic carbocycles. The van der Waals surface area contributed by atoms with Gasteiger partial charge in [0.05, 0.1) is 11.4 Å². The lowest BCUT2D eigenvalue weighted by Crippen LogP contribution is -2.09. The highest BCUT2D eigenvalue weighted by Gasteiger charge is 2.33. The van der Waals surface area contributed by atoms with Gasteiger partial charge in [0.25, 0.3) is 0 Å². The van der Waals surface area contributed by atoms with Crippen LogP contribution < -0.4 is 0 Å². The van der Waals surface area contributed by atoms with Crippen LogP contribution in [0.25, 0.3) is 22.4 Å². The summed E-state index contributed by atoms with van der Waals surface area (Å²) in [7, 11) is 0. The average Bonchev–Trinajstić information content (AvgIpc) is 2.61.